The second kappa shape index (κ2) is 8.36. The van der Waals surface area contributed by atoms with Crippen LogP contribution in [0, 0.1) is 11.3 Å². The van der Waals surface area contributed by atoms with Crippen molar-refractivity contribution in [2.24, 2.45) is 7.05 Å². The van der Waals surface area contributed by atoms with E-state index in [1.54, 1.807) is 23.9 Å². The van der Waals surface area contributed by atoms with E-state index in [-0.39, 0.29) is 0 Å². The van der Waals surface area contributed by atoms with Crippen LogP contribution in [0.2, 0.25) is 0 Å². The topological polar surface area (TPSA) is 63.7 Å². The lowest BCUT2D eigenvalue weighted by atomic mass is 10.1. The van der Waals surface area contributed by atoms with Crippen molar-refractivity contribution >= 4 is 11.8 Å². The third-order valence-electron chi connectivity index (χ3n) is 3.70. The van der Waals surface area contributed by atoms with Gasteiger partial charge in [0.15, 0.2) is 5.16 Å². The van der Waals surface area contributed by atoms with Gasteiger partial charge < -0.3 is 9.30 Å². The smallest absolute Gasteiger partial charge is 0.191 e. The van der Waals surface area contributed by atoms with Gasteiger partial charge in [-0.15, -0.1) is 10.2 Å². The Bertz CT molecular complexity index is 853. The predicted octanol–water partition coefficient (Wildman–Crippen LogP) is 3.45. The summed E-state index contributed by atoms with van der Waals surface area (Å²) < 4.78 is 7.71. The minimum Gasteiger partial charge on any atom is -0.493 e. The SMILES string of the molecule is Cn1c(Cc2ccccc2)nnc1SCCOc1ccc(C#N)cc1. The van der Waals surface area contributed by atoms with Crippen LogP contribution in [-0.4, -0.2) is 27.1 Å². The summed E-state index contributed by atoms with van der Waals surface area (Å²) in [5.74, 6) is 2.49. The van der Waals surface area contributed by atoms with Crippen LogP contribution in [0.5, 0.6) is 5.75 Å². The van der Waals surface area contributed by atoms with Gasteiger partial charge in [0, 0.05) is 19.2 Å². The van der Waals surface area contributed by atoms with Crippen LogP contribution in [-0.2, 0) is 13.5 Å². The molecule has 25 heavy (non-hydrogen) atoms. The van der Waals surface area contributed by atoms with Gasteiger partial charge in [-0.1, -0.05) is 42.1 Å². The molecule has 0 aliphatic heterocycles. The zero-order valence-electron chi connectivity index (χ0n) is 13.9. The Morgan fingerprint density at radius 2 is 1.84 bits per heavy atom. The van der Waals surface area contributed by atoms with Gasteiger partial charge in [0.2, 0.25) is 0 Å². The molecule has 0 fully saturated rings. The number of rotatable bonds is 7. The molecule has 0 radical (unpaired) electrons. The Kier molecular flexibility index (Phi) is 5.70. The highest BCUT2D eigenvalue weighted by Crippen LogP contribution is 2.18. The summed E-state index contributed by atoms with van der Waals surface area (Å²) >= 11 is 1.62. The molecule has 0 unspecified atom stereocenters. The van der Waals surface area contributed by atoms with E-state index in [9.17, 15) is 0 Å². The third kappa shape index (κ3) is 4.61. The van der Waals surface area contributed by atoms with Crippen molar-refractivity contribution in [2.45, 2.75) is 11.6 Å². The van der Waals surface area contributed by atoms with Gasteiger partial charge >= 0.3 is 0 Å². The van der Waals surface area contributed by atoms with Crippen molar-refractivity contribution in [1.82, 2.24) is 14.8 Å². The molecule has 2 aromatic carbocycles. The second-order valence-electron chi connectivity index (χ2n) is 5.45. The van der Waals surface area contributed by atoms with Gasteiger partial charge in [-0.3, -0.25) is 0 Å². The molecule has 3 rings (SSSR count). The van der Waals surface area contributed by atoms with Crippen molar-refractivity contribution in [3.05, 3.63) is 71.5 Å². The average Bonchev–Trinajstić information content (AvgIpc) is 3.00. The summed E-state index contributed by atoms with van der Waals surface area (Å²) in [6, 6.07) is 19.5. The number of ether oxygens (including phenoxy) is 1. The molecule has 0 atom stereocenters. The fourth-order valence-electron chi connectivity index (χ4n) is 2.32. The normalized spacial score (nSPS) is 10.4. The zero-order chi connectivity index (χ0) is 17.5. The van der Waals surface area contributed by atoms with Gasteiger partial charge in [0.1, 0.15) is 11.6 Å². The van der Waals surface area contributed by atoms with Crippen LogP contribution in [0.1, 0.15) is 17.0 Å². The fourth-order valence-corrected chi connectivity index (χ4v) is 3.07. The molecule has 5 nitrogen and oxygen atoms in total. The zero-order valence-corrected chi connectivity index (χ0v) is 14.7. The van der Waals surface area contributed by atoms with Crippen LogP contribution < -0.4 is 4.74 Å². The Morgan fingerprint density at radius 3 is 2.56 bits per heavy atom. The lowest BCUT2D eigenvalue weighted by Crippen LogP contribution is -2.03. The second-order valence-corrected chi connectivity index (χ2v) is 6.52. The van der Waals surface area contributed by atoms with E-state index in [2.05, 4.69) is 28.4 Å². The molecule has 1 heterocycles. The van der Waals surface area contributed by atoms with Crippen LogP contribution in [0.25, 0.3) is 0 Å². The first kappa shape index (κ1) is 17.1. The van der Waals surface area contributed by atoms with E-state index in [1.807, 2.05) is 41.9 Å². The molecule has 0 N–H and O–H groups in total. The first-order chi connectivity index (χ1) is 12.3. The van der Waals surface area contributed by atoms with E-state index in [0.717, 1.165) is 28.9 Å². The molecule has 1 aromatic heterocycles. The molecule has 126 valence electrons. The number of nitriles is 1. The number of aromatic nitrogens is 3. The number of nitrogens with zero attached hydrogens (tertiary/aromatic N) is 4. The van der Waals surface area contributed by atoms with Gasteiger partial charge in [-0.05, 0) is 29.8 Å². The molecule has 0 spiro atoms. The van der Waals surface area contributed by atoms with E-state index in [0.29, 0.717) is 12.2 Å². The molecule has 0 bridgehead atoms. The highest BCUT2D eigenvalue weighted by molar-refractivity contribution is 7.99. The largest absolute Gasteiger partial charge is 0.493 e. The monoisotopic (exact) mass is 350 g/mol. The highest BCUT2D eigenvalue weighted by Gasteiger charge is 2.09. The summed E-state index contributed by atoms with van der Waals surface area (Å²) in [6.45, 7) is 0.567. The number of benzene rings is 2. The summed E-state index contributed by atoms with van der Waals surface area (Å²) in [5, 5.41) is 18.2. The molecule has 3 aromatic rings. The molecule has 0 aliphatic rings. The highest BCUT2D eigenvalue weighted by atomic mass is 32.2. The molecule has 0 amide bonds. The van der Waals surface area contributed by atoms with Crippen molar-refractivity contribution in [1.29, 1.82) is 5.26 Å². The Balaban J connectivity index is 1.49. The standard InChI is InChI=1S/C19H18N4OS/c1-23-18(13-15-5-3-2-4-6-15)21-22-19(23)25-12-11-24-17-9-7-16(14-20)8-10-17/h2-10H,11-13H2,1H3. The van der Waals surface area contributed by atoms with Crippen LogP contribution >= 0.6 is 11.8 Å². The first-order valence-electron chi connectivity index (χ1n) is 7.94. The summed E-state index contributed by atoms with van der Waals surface area (Å²) in [5.41, 5.74) is 1.85. The maximum absolute atomic E-state index is 8.78. The molecule has 0 saturated heterocycles. The minimum atomic E-state index is 0.567. The predicted molar refractivity (Wildman–Crippen MR) is 97.6 cm³/mol. The fraction of sp³-hybridized carbons (Fsp3) is 0.211. The van der Waals surface area contributed by atoms with Crippen molar-refractivity contribution in [3.8, 4) is 11.8 Å². The third-order valence-corrected chi connectivity index (χ3v) is 4.68. The molecular weight excluding hydrogens is 332 g/mol. The van der Waals surface area contributed by atoms with E-state index >= 15 is 0 Å². The summed E-state index contributed by atoms with van der Waals surface area (Å²) in [7, 11) is 1.99. The first-order valence-corrected chi connectivity index (χ1v) is 8.93. The number of hydrogen-bond acceptors (Lipinski definition) is 5. The Morgan fingerprint density at radius 1 is 1.08 bits per heavy atom. The molecule has 0 saturated carbocycles. The molecule has 0 aliphatic carbocycles. The maximum Gasteiger partial charge on any atom is 0.191 e. The summed E-state index contributed by atoms with van der Waals surface area (Å²) in [4.78, 5) is 0. The van der Waals surface area contributed by atoms with E-state index < -0.39 is 0 Å². The van der Waals surface area contributed by atoms with Gasteiger partial charge in [-0.25, -0.2) is 0 Å². The lowest BCUT2D eigenvalue weighted by Gasteiger charge is -2.06. The van der Waals surface area contributed by atoms with Crippen molar-refractivity contribution < 1.29 is 4.74 Å². The quantitative estimate of drug-likeness (QED) is 0.482. The van der Waals surface area contributed by atoms with Crippen LogP contribution in [0.15, 0.2) is 59.8 Å². The molecule has 6 heteroatoms. The Labute approximate surface area is 151 Å². The minimum absolute atomic E-state index is 0.567. The summed E-state index contributed by atoms with van der Waals surface area (Å²) in [6.07, 6.45) is 0.770. The molecular formula is C19H18N4OS. The lowest BCUT2D eigenvalue weighted by molar-refractivity contribution is 0.344. The van der Waals surface area contributed by atoms with Crippen LogP contribution in [0.4, 0.5) is 0 Å². The average molecular weight is 350 g/mol. The van der Waals surface area contributed by atoms with E-state index in [1.165, 1.54) is 5.56 Å². The van der Waals surface area contributed by atoms with Crippen LogP contribution in [0.3, 0.4) is 0 Å². The van der Waals surface area contributed by atoms with Crippen molar-refractivity contribution in [2.75, 3.05) is 12.4 Å². The van der Waals surface area contributed by atoms with Crippen molar-refractivity contribution in [3.63, 3.8) is 0 Å². The number of thioether (sulfide) groups is 1. The van der Waals surface area contributed by atoms with Gasteiger partial charge in [-0.2, -0.15) is 5.26 Å². The maximum atomic E-state index is 8.78. The van der Waals surface area contributed by atoms with E-state index in [4.69, 9.17) is 10.00 Å². The van der Waals surface area contributed by atoms with Gasteiger partial charge in [0.25, 0.3) is 0 Å². The number of hydrogen-bond donors (Lipinski definition) is 0. The van der Waals surface area contributed by atoms with Gasteiger partial charge in [0.05, 0.1) is 18.2 Å². The Hall–Kier alpha value is -2.78.